The number of amides is 1. The molecule has 0 bridgehead atoms. The van der Waals surface area contributed by atoms with Crippen LogP contribution < -0.4 is 5.32 Å². The molecule has 2 rings (SSSR count). The van der Waals surface area contributed by atoms with Gasteiger partial charge in [0, 0.05) is 13.0 Å². The van der Waals surface area contributed by atoms with Crippen LogP contribution in [-0.4, -0.2) is 27.8 Å². The lowest BCUT2D eigenvalue weighted by molar-refractivity contribution is -0.121. The molecule has 0 atom stereocenters. The molecule has 0 saturated heterocycles. The number of phenolic OH excluding ortho intramolecular Hbond substituents is 3. The molecule has 0 aliphatic carbocycles. The van der Waals surface area contributed by atoms with Gasteiger partial charge in [-0.15, -0.1) is 0 Å². The predicted molar refractivity (Wildman–Crippen MR) is 82.9 cm³/mol. The van der Waals surface area contributed by atoms with Crippen LogP contribution in [0.2, 0.25) is 0 Å². The summed E-state index contributed by atoms with van der Waals surface area (Å²) >= 11 is 0. The average molecular weight is 301 g/mol. The van der Waals surface area contributed by atoms with Gasteiger partial charge in [0.25, 0.3) is 0 Å². The highest BCUT2D eigenvalue weighted by Gasteiger charge is 2.05. The van der Waals surface area contributed by atoms with E-state index >= 15 is 0 Å². The van der Waals surface area contributed by atoms with E-state index < -0.39 is 0 Å². The molecule has 2 aromatic carbocycles. The Hall–Kier alpha value is -2.69. The molecule has 1 amide bonds. The Morgan fingerprint density at radius 1 is 0.909 bits per heavy atom. The molecule has 0 radical (unpaired) electrons. The van der Waals surface area contributed by atoms with Crippen LogP contribution >= 0.6 is 0 Å². The molecule has 5 heteroatoms. The summed E-state index contributed by atoms with van der Waals surface area (Å²) in [6.45, 7) is 0.503. The van der Waals surface area contributed by atoms with Crippen LogP contribution in [0.3, 0.4) is 0 Å². The maximum atomic E-state index is 11.8. The number of aryl methyl sites for hydroxylation is 1. The summed E-state index contributed by atoms with van der Waals surface area (Å²) < 4.78 is 0. The fourth-order valence-electron chi connectivity index (χ4n) is 2.13. The van der Waals surface area contributed by atoms with E-state index in [1.807, 2.05) is 6.07 Å². The van der Waals surface area contributed by atoms with Crippen LogP contribution in [0.15, 0.2) is 42.5 Å². The zero-order chi connectivity index (χ0) is 15.9. The molecular weight excluding hydrogens is 282 g/mol. The number of aromatic hydroxyl groups is 3. The minimum Gasteiger partial charge on any atom is -0.508 e. The summed E-state index contributed by atoms with van der Waals surface area (Å²) in [4.78, 5) is 11.8. The summed E-state index contributed by atoms with van der Waals surface area (Å²) in [6.07, 6.45) is 1.45. The van der Waals surface area contributed by atoms with E-state index in [2.05, 4.69) is 5.32 Å². The normalized spacial score (nSPS) is 10.4. The Morgan fingerprint density at radius 2 is 1.68 bits per heavy atom. The standard InChI is InChI=1S/C17H19NO4/c19-14-3-1-2-12(10-14)8-9-18-17(22)7-5-13-4-6-15(20)16(21)11-13/h1-4,6,10-11,19-21H,5,7-9H2,(H,18,22). The number of benzene rings is 2. The summed E-state index contributed by atoms with van der Waals surface area (Å²) in [5, 5.41) is 30.8. The first-order valence-electron chi connectivity index (χ1n) is 7.10. The van der Waals surface area contributed by atoms with E-state index in [-0.39, 0.29) is 23.2 Å². The van der Waals surface area contributed by atoms with E-state index in [0.717, 1.165) is 11.1 Å². The first-order chi connectivity index (χ1) is 10.5. The number of rotatable bonds is 6. The average Bonchev–Trinajstić information content (AvgIpc) is 2.48. The van der Waals surface area contributed by atoms with Crippen molar-refractivity contribution < 1.29 is 20.1 Å². The van der Waals surface area contributed by atoms with Crippen molar-refractivity contribution in [2.24, 2.45) is 0 Å². The topological polar surface area (TPSA) is 89.8 Å². The van der Waals surface area contributed by atoms with Gasteiger partial charge >= 0.3 is 0 Å². The molecule has 22 heavy (non-hydrogen) atoms. The van der Waals surface area contributed by atoms with Gasteiger partial charge in [-0.3, -0.25) is 4.79 Å². The van der Waals surface area contributed by atoms with Crippen molar-refractivity contribution in [1.82, 2.24) is 5.32 Å². The van der Waals surface area contributed by atoms with E-state index in [0.29, 0.717) is 25.8 Å². The summed E-state index contributed by atoms with van der Waals surface area (Å²) in [6, 6.07) is 11.5. The molecule has 5 nitrogen and oxygen atoms in total. The zero-order valence-corrected chi connectivity index (χ0v) is 12.1. The second kappa shape index (κ2) is 7.36. The number of carbonyl (C=O) groups excluding carboxylic acids is 1. The zero-order valence-electron chi connectivity index (χ0n) is 12.1. The predicted octanol–water partition coefficient (Wildman–Crippen LogP) is 2.09. The van der Waals surface area contributed by atoms with Crippen molar-refractivity contribution in [2.45, 2.75) is 19.3 Å². The summed E-state index contributed by atoms with van der Waals surface area (Å²) in [7, 11) is 0. The maximum Gasteiger partial charge on any atom is 0.220 e. The van der Waals surface area contributed by atoms with Gasteiger partial charge < -0.3 is 20.6 Å². The van der Waals surface area contributed by atoms with Crippen LogP contribution in [0.4, 0.5) is 0 Å². The minimum atomic E-state index is -0.179. The Labute approximate surface area is 128 Å². The van der Waals surface area contributed by atoms with Crippen LogP contribution in [0.5, 0.6) is 17.2 Å². The van der Waals surface area contributed by atoms with Crippen molar-refractivity contribution in [3.05, 3.63) is 53.6 Å². The molecular formula is C17H19NO4. The van der Waals surface area contributed by atoms with Gasteiger partial charge in [0.2, 0.25) is 5.91 Å². The Kier molecular flexibility index (Phi) is 5.25. The second-order valence-electron chi connectivity index (χ2n) is 5.09. The third-order valence-corrected chi connectivity index (χ3v) is 3.33. The first-order valence-corrected chi connectivity index (χ1v) is 7.10. The SMILES string of the molecule is O=C(CCc1ccc(O)c(O)c1)NCCc1cccc(O)c1. The molecule has 0 aliphatic heterocycles. The van der Waals surface area contributed by atoms with Crippen molar-refractivity contribution >= 4 is 5.91 Å². The molecule has 0 saturated carbocycles. The lowest BCUT2D eigenvalue weighted by Crippen LogP contribution is -2.25. The van der Waals surface area contributed by atoms with Crippen LogP contribution in [0.1, 0.15) is 17.5 Å². The fourth-order valence-corrected chi connectivity index (χ4v) is 2.13. The Bertz CT molecular complexity index is 655. The Morgan fingerprint density at radius 3 is 2.41 bits per heavy atom. The van der Waals surface area contributed by atoms with Crippen LogP contribution in [-0.2, 0) is 17.6 Å². The number of hydrogen-bond acceptors (Lipinski definition) is 4. The highest BCUT2D eigenvalue weighted by molar-refractivity contribution is 5.76. The third-order valence-electron chi connectivity index (χ3n) is 3.33. The van der Waals surface area contributed by atoms with Crippen molar-refractivity contribution in [1.29, 1.82) is 0 Å². The highest BCUT2D eigenvalue weighted by Crippen LogP contribution is 2.25. The number of hydrogen-bond donors (Lipinski definition) is 4. The van der Waals surface area contributed by atoms with Crippen molar-refractivity contribution in [2.75, 3.05) is 6.54 Å². The largest absolute Gasteiger partial charge is 0.508 e. The number of phenols is 3. The van der Waals surface area contributed by atoms with E-state index in [4.69, 9.17) is 0 Å². The van der Waals surface area contributed by atoms with Gasteiger partial charge in [-0.2, -0.15) is 0 Å². The molecule has 0 aliphatic rings. The molecule has 0 heterocycles. The second-order valence-corrected chi connectivity index (χ2v) is 5.09. The molecule has 116 valence electrons. The molecule has 2 aromatic rings. The molecule has 0 spiro atoms. The molecule has 4 N–H and O–H groups in total. The monoisotopic (exact) mass is 301 g/mol. The fraction of sp³-hybridized carbons (Fsp3) is 0.235. The van der Waals surface area contributed by atoms with Crippen molar-refractivity contribution in [3.63, 3.8) is 0 Å². The number of carbonyl (C=O) groups is 1. The highest BCUT2D eigenvalue weighted by atomic mass is 16.3. The van der Waals surface area contributed by atoms with Gasteiger partial charge in [-0.25, -0.2) is 0 Å². The Balaban J connectivity index is 1.72. The van der Waals surface area contributed by atoms with Crippen LogP contribution in [0.25, 0.3) is 0 Å². The number of nitrogens with one attached hydrogen (secondary N) is 1. The van der Waals surface area contributed by atoms with Gasteiger partial charge in [-0.05, 0) is 48.2 Å². The first kappa shape index (κ1) is 15.7. The van der Waals surface area contributed by atoms with E-state index in [9.17, 15) is 20.1 Å². The molecule has 0 unspecified atom stereocenters. The van der Waals surface area contributed by atoms with Gasteiger partial charge in [0.05, 0.1) is 0 Å². The van der Waals surface area contributed by atoms with E-state index in [1.54, 1.807) is 24.3 Å². The molecule has 0 aromatic heterocycles. The lowest BCUT2D eigenvalue weighted by Gasteiger charge is -2.06. The van der Waals surface area contributed by atoms with Gasteiger partial charge in [-0.1, -0.05) is 18.2 Å². The van der Waals surface area contributed by atoms with Gasteiger partial charge in [0.1, 0.15) is 5.75 Å². The maximum absolute atomic E-state index is 11.8. The smallest absolute Gasteiger partial charge is 0.220 e. The summed E-state index contributed by atoms with van der Waals surface area (Å²) in [5.41, 5.74) is 1.75. The third kappa shape index (κ3) is 4.70. The lowest BCUT2D eigenvalue weighted by atomic mass is 10.1. The van der Waals surface area contributed by atoms with E-state index in [1.165, 1.54) is 12.1 Å². The quantitative estimate of drug-likeness (QED) is 0.615. The minimum absolute atomic E-state index is 0.0762. The van der Waals surface area contributed by atoms with Gasteiger partial charge in [0.15, 0.2) is 11.5 Å². The molecule has 0 fully saturated rings. The van der Waals surface area contributed by atoms with Crippen LogP contribution in [0, 0.1) is 0 Å². The van der Waals surface area contributed by atoms with Crippen molar-refractivity contribution in [3.8, 4) is 17.2 Å². The summed E-state index contributed by atoms with van der Waals surface area (Å²) in [5.74, 6) is -0.204.